The molecule has 22 heavy (non-hydrogen) atoms. The van der Waals surface area contributed by atoms with Crippen molar-refractivity contribution >= 4 is 73.3 Å². The summed E-state index contributed by atoms with van der Waals surface area (Å²) in [6, 6.07) is 10.4. The number of halogens is 3. The summed E-state index contributed by atoms with van der Waals surface area (Å²) < 4.78 is 1.66. The van der Waals surface area contributed by atoms with Gasteiger partial charge in [0.1, 0.15) is 0 Å². The van der Waals surface area contributed by atoms with Crippen molar-refractivity contribution < 1.29 is 9.59 Å². The Morgan fingerprint density at radius 1 is 1.14 bits per heavy atom. The molecular weight excluding hydrogens is 482 g/mol. The molecule has 4 nitrogen and oxygen atoms in total. The number of anilines is 2. The maximum Gasteiger partial charge on any atom is 0.256 e. The highest BCUT2D eigenvalue weighted by Crippen LogP contribution is 2.27. The van der Waals surface area contributed by atoms with Crippen molar-refractivity contribution in [2.75, 3.05) is 10.6 Å². The van der Waals surface area contributed by atoms with Gasteiger partial charge in [-0.15, -0.1) is 0 Å². The van der Waals surface area contributed by atoms with E-state index in [1.165, 1.54) is 6.92 Å². The molecule has 0 saturated heterocycles. The Balaban J connectivity index is 2.21. The number of rotatable bonds is 3. The van der Waals surface area contributed by atoms with Gasteiger partial charge in [-0.25, -0.2) is 0 Å². The van der Waals surface area contributed by atoms with Crippen molar-refractivity contribution in [2.24, 2.45) is 0 Å². The van der Waals surface area contributed by atoms with Crippen LogP contribution >= 0.6 is 50.1 Å². The summed E-state index contributed by atoms with van der Waals surface area (Å²) in [6.07, 6.45) is 0. The van der Waals surface area contributed by atoms with Crippen molar-refractivity contribution in [3.63, 3.8) is 0 Å². The summed E-state index contributed by atoms with van der Waals surface area (Å²) in [6.45, 7) is 1.42. The fourth-order valence-corrected chi connectivity index (χ4v) is 2.93. The van der Waals surface area contributed by atoms with Crippen molar-refractivity contribution in [3.05, 3.63) is 55.0 Å². The zero-order valence-corrected chi connectivity index (χ0v) is 15.9. The summed E-state index contributed by atoms with van der Waals surface area (Å²) in [4.78, 5) is 23.3. The molecule has 0 radical (unpaired) electrons. The molecule has 0 bridgehead atoms. The first kappa shape index (κ1) is 17.2. The van der Waals surface area contributed by atoms with Crippen LogP contribution in [0.3, 0.4) is 0 Å². The largest absolute Gasteiger partial charge is 0.326 e. The highest BCUT2D eigenvalue weighted by atomic mass is 127. The summed E-state index contributed by atoms with van der Waals surface area (Å²) >= 11 is 11.6. The van der Waals surface area contributed by atoms with Crippen molar-refractivity contribution in [1.82, 2.24) is 0 Å². The van der Waals surface area contributed by atoms with E-state index in [0.717, 1.165) is 8.04 Å². The topological polar surface area (TPSA) is 58.2 Å². The molecule has 2 amide bonds. The Labute approximate surface area is 154 Å². The van der Waals surface area contributed by atoms with Gasteiger partial charge >= 0.3 is 0 Å². The summed E-state index contributed by atoms with van der Waals surface area (Å²) in [5.74, 6) is -0.434. The summed E-state index contributed by atoms with van der Waals surface area (Å²) in [7, 11) is 0. The van der Waals surface area contributed by atoms with E-state index < -0.39 is 0 Å². The number of hydrogen-bond donors (Lipinski definition) is 2. The lowest BCUT2D eigenvalue weighted by molar-refractivity contribution is -0.114. The standard InChI is InChI=1S/C15H11BrClIN2O2/c1-8(21)19-10-3-5-14(12(17)7-10)20-15(22)11-6-9(16)2-4-13(11)18/h2-7H,1H3,(H,19,21)(H,20,22). The molecule has 0 aliphatic heterocycles. The van der Waals surface area contributed by atoms with Gasteiger partial charge in [-0.1, -0.05) is 27.5 Å². The van der Waals surface area contributed by atoms with E-state index in [0.29, 0.717) is 22.0 Å². The van der Waals surface area contributed by atoms with Crippen LogP contribution in [-0.2, 0) is 4.79 Å². The van der Waals surface area contributed by atoms with Gasteiger partial charge in [-0.2, -0.15) is 0 Å². The number of hydrogen-bond acceptors (Lipinski definition) is 2. The van der Waals surface area contributed by atoms with E-state index in [1.54, 1.807) is 24.3 Å². The van der Waals surface area contributed by atoms with Gasteiger partial charge in [0.2, 0.25) is 5.91 Å². The average Bonchev–Trinajstić information content (AvgIpc) is 2.43. The van der Waals surface area contributed by atoms with Crippen LogP contribution in [0.5, 0.6) is 0 Å². The Morgan fingerprint density at radius 2 is 1.86 bits per heavy atom. The van der Waals surface area contributed by atoms with E-state index in [1.807, 2.05) is 12.1 Å². The zero-order valence-electron chi connectivity index (χ0n) is 11.4. The number of carbonyl (C=O) groups excluding carboxylic acids is 2. The van der Waals surface area contributed by atoms with Gasteiger partial charge in [0.15, 0.2) is 0 Å². The third-order valence-electron chi connectivity index (χ3n) is 2.71. The monoisotopic (exact) mass is 492 g/mol. The van der Waals surface area contributed by atoms with Gasteiger partial charge in [-0.3, -0.25) is 9.59 Å². The third kappa shape index (κ3) is 4.44. The van der Waals surface area contributed by atoms with E-state index >= 15 is 0 Å². The number of nitrogens with one attached hydrogen (secondary N) is 2. The summed E-state index contributed by atoms with van der Waals surface area (Å²) in [5, 5.41) is 5.75. The molecule has 2 aromatic rings. The van der Waals surface area contributed by atoms with Crippen LogP contribution < -0.4 is 10.6 Å². The first-order valence-corrected chi connectivity index (χ1v) is 8.45. The van der Waals surface area contributed by atoms with Gasteiger partial charge in [0.25, 0.3) is 5.91 Å². The van der Waals surface area contributed by atoms with Gasteiger partial charge in [0.05, 0.1) is 16.3 Å². The Kier molecular flexibility index (Phi) is 5.82. The van der Waals surface area contributed by atoms with Crippen LogP contribution in [0.25, 0.3) is 0 Å². The molecule has 0 aromatic heterocycles. The molecule has 2 N–H and O–H groups in total. The van der Waals surface area contributed by atoms with Crippen molar-refractivity contribution in [1.29, 1.82) is 0 Å². The zero-order chi connectivity index (χ0) is 16.3. The fraction of sp³-hybridized carbons (Fsp3) is 0.0667. The lowest BCUT2D eigenvalue weighted by Gasteiger charge is -2.10. The molecule has 0 heterocycles. The highest BCUT2D eigenvalue weighted by molar-refractivity contribution is 14.1. The van der Waals surface area contributed by atoms with E-state index in [-0.39, 0.29) is 11.8 Å². The van der Waals surface area contributed by atoms with Gasteiger partial charge in [0, 0.05) is 20.7 Å². The predicted molar refractivity (Wildman–Crippen MR) is 101 cm³/mol. The Morgan fingerprint density at radius 3 is 2.50 bits per heavy atom. The maximum atomic E-state index is 12.3. The molecule has 0 aliphatic rings. The smallest absolute Gasteiger partial charge is 0.256 e. The summed E-state index contributed by atoms with van der Waals surface area (Å²) in [5.41, 5.74) is 1.61. The first-order chi connectivity index (χ1) is 10.4. The molecule has 0 aliphatic carbocycles. The number of benzene rings is 2. The second kappa shape index (κ2) is 7.43. The molecule has 0 atom stereocenters. The van der Waals surface area contributed by atoms with Gasteiger partial charge in [-0.05, 0) is 59.0 Å². The number of carbonyl (C=O) groups is 2. The van der Waals surface area contributed by atoms with Crippen LogP contribution in [0.15, 0.2) is 40.9 Å². The van der Waals surface area contributed by atoms with Crippen molar-refractivity contribution in [3.8, 4) is 0 Å². The average molecular weight is 494 g/mol. The molecule has 114 valence electrons. The van der Waals surface area contributed by atoms with E-state index in [2.05, 4.69) is 49.2 Å². The van der Waals surface area contributed by atoms with Crippen molar-refractivity contribution in [2.45, 2.75) is 6.92 Å². The van der Waals surface area contributed by atoms with Gasteiger partial charge < -0.3 is 10.6 Å². The Hall–Kier alpha value is -1.12. The SMILES string of the molecule is CC(=O)Nc1ccc(NC(=O)c2cc(Br)ccc2I)c(Cl)c1. The molecule has 0 spiro atoms. The fourth-order valence-electron chi connectivity index (χ4n) is 1.76. The minimum atomic E-state index is -0.250. The molecule has 2 rings (SSSR count). The quantitative estimate of drug-likeness (QED) is 0.597. The maximum absolute atomic E-state index is 12.3. The molecular formula is C15H11BrClIN2O2. The van der Waals surface area contributed by atoms with Crippen LogP contribution in [-0.4, -0.2) is 11.8 Å². The van der Waals surface area contributed by atoms with Crippen LogP contribution in [0.2, 0.25) is 5.02 Å². The van der Waals surface area contributed by atoms with E-state index in [4.69, 9.17) is 11.6 Å². The highest BCUT2D eigenvalue weighted by Gasteiger charge is 2.13. The first-order valence-electron chi connectivity index (χ1n) is 6.20. The second-order valence-corrected chi connectivity index (χ2v) is 6.94. The molecule has 0 saturated carbocycles. The second-order valence-electron chi connectivity index (χ2n) is 4.45. The minimum absolute atomic E-state index is 0.184. The van der Waals surface area contributed by atoms with Crippen LogP contribution in [0.1, 0.15) is 17.3 Å². The predicted octanol–water partition coefficient (Wildman–Crippen LogP) is 4.92. The lowest BCUT2D eigenvalue weighted by Crippen LogP contribution is -2.14. The molecule has 0 fully saturated rings. The van der Waals surface area contributed by atoms with E-state index in [9.17, 15) is 9.59 Å². The molecule has 7 heteroatoms. The van der Waals surface area contributed by atoms with Crippen LogP contribution in [0.4, 0.5) is 11.4 Å². The molecule has 0 unspecified atom stereocenters. The van der Waals surface area contributed by atoms with Crippen LogP contribution in [0, 0.1) is 3.57 Å². The number of amides is 2. The minimum Gasteiger partial charge on any atom is -0.326 e. The Bertz CT molecular complexity index is 752. The third-order valence-corrected chi connectivity index (χ3v) is 4.46. The molecule has 2 aromatic carbocycles. The lowest BCUT2D eigenvalue weighted by atomic mass is 10.2. The normalized spacial score (nSPS) is 10.2.